The Labute approximate surface area is 100.0 Å². The Hall–Kier alpha value is -0.650. The molecule has 2 rings (SSSR count). The van der Waals surface area contributed by atoms with Crippen LogP contribution in [-0.4, -0.2) is 28.6 Å². The second kappa shape index (κ2) is 4.08. The number of aliphatic hydroxyl groups excluding tert-OH is 1. The number of hydrogen-bond donors (Lipinski definition) is 1. The molecule has 1 amide bonds. The molecule has 1 saturated heterocycles. The number of β-amino-alcohol motifs (C(OH)–C–C–N with tert-alkyl or cyclic N) is 1. The van der Waals surface area contributed by atoms with Crippen molar-refractivity contribution >= 4 is 39.3 Å². The number of pyridine rings is 1. The van der Waals surface area contributed by atoms with Crippen molar-refractivity contribution in [3.63, 3.8) is 0 Å². The van der Waals surface area contributed by atoms with Crippen molar-refractivity contribution < 1.29 is 9.90 Å². The van der Waals surface area contributed by atoms with Crippen molar-refractivity contribution in [2.24, 2.45) is 0 Å². The summed E-state index contributed by atoms with van der Waals surface area (Å²) in [5.74, 6) is 0.386. The van der Waals surface area contributed by atoms with Crippen LogP contribution in [0.2, 0.25) is 5.02 Å². The predicted octanol–water partition coefficient (Wildman–Crippen LogP) is 1.60. The van der Waals surface area contributed by atoms with Crippen LogP contribution in [0.15, 0.2) is 16.7 Å². The van der Waals surface area contributed by atoms with E-state index in [1.807, 2.05) is 0 Å². The second-order valence-corrected chi connectivity index (χ2v) is 4.46. The van der Waals surface area contributed by atoms with Gasteiger partial charge in [-0.2, -0.15) is 0 Å². The molecule has 1 aliphatic rings. The summed E-state index contributed by atoms with van der Waals surface area (Å²) in [6.07, 6.45) is -0.448. The maximum absolute atomic E-state index is 11.5. The lowest BCUT2D eigenvalue weighted by molar-refractivity contribution is -0.117. The molecule has 0 aromatic carbocycles. The number of carbonyl (C=O) groups excluding carboxylic acids is 1. The van der Waals surface area contributed by atoms with E-state index in [0.29, 0.717) is 22.0 Å². The van der Waals surface area contributed by atoms with Crippen LogP contribution >= 0.6 is 27.5 Å². The quantitative estimate of drug-likeness (QED) is 0.800. The molecule has 0 radical (unpaired) electrons. The monoisotopic (exact) mass is 290 g/mol. The zero-order chi connectivity index (χ0) is 11.0. The average molecular weight is 292 g/mol. The van der Waals surface area contributed by atoms with Crippen LogP contribution in [-0.2, 0) is 4.79 Å². The fourth-order valence-corrected chi connectivity index (χ4v) is 1.89. The Kier molecular flexibility index (Phi) is 2.95. The summed E-state index contributed by atoms with van der Waals surface area (Å²) in [4.78, 5) is 17.0. The third kappa shape index (κ3) is 2.14. The second-order valence-electron chi connectivity index (χ2n) is 3.30. The summed E-state index contributed by atoms with van der Waals surface area (Å²) in [5, 5.41) is 9.82. The van der Waals surface area contributed by atoms with Gasteiger partial charge in [-0.3, -0.25) is 9.69 Å². The van der Waals surface area contributed by atoms with E-state index in [2.05, 4.69) is 20.9 Å². The highest BCUT2D eigenvalue weighted by molar-refractivity contribution is 9.10. The first-order valence-corrected chi connectivity index (χ1v) is 5.55. The van der Waals surface area contributed by atoms with Crippen LogP contribution < -0.4 is 4.90 Å². The fourth-order valence-electron chi connectivity index (χ4n) is 1.47. The summed E-state index contributed by atoms with van der Waals surface area (Å²) < 4.78 is 0.496. The average Bonchev–Trinajstić information content (AvgIpc) is 2.50. The van der Waals surface area contributed by atoms with Crippen molar-refractivity contribution in [1.82, 2.24) is 4.98 Å². The van der Waals surface area contributed by atoms with E-state index in [0.717, 1.165) is 0 Å². The van der Waals surface area contributed by atoms with Crippen LogP contribution in [0.5, 0.6) is 0 Å². The lowest BCUT2D eigenvalue weighted by Gasteiger charge is -2.14. The van der Waals surface area contributed by atoms with Gasteiger partial charge < -0.3 is 5.11 Å². The summed E-state index contributed by atoms with van der Waals surface area (Å²) in [7, 11) is 0. The van der Waals surface area contributed by atoms with Gasteiger partial charge >= 0.3 is 0 Å². The molecule has 80 valence electrons. The van der Waals surface area contributed by atoms with Gasteiger partial charge in [-0.05, 0) is 28.1 Å². The fraction of sp³-hybridized carbons (Fsp3) is 0.333. The van der Waals surface area contributed by atoms with Gasteiger partial charge in [0.15, 0.2) is 0 Å². The molecule has 15 heavy (non-hydrogen) atoms. The highest BCUT2D eigenvalue weighted by Gasteiger charge is 2.29. The van der Waals surface area contributed by atoms with Gasteiger partial charge in [-0.15, -0.1) is 0 Å². The lowest BCUT2D eigenvalue weighted by Crippen LogP contribution is -2.26. The minimum absolute atomic E-state index is 0.121. The van der Waals surface area contributed by atoms with Gasteiger partial charge in [-0.1, -0.05) is 11.6 Å². The Balaban J connectivity index is 2.30. The molecule has 2 heterocycles. The van der Waals surface area contributed by atoms with Crippen molar-refractivity contribution in [1.29, 1.82) is 0 Å². The Bertz CT molecular complexity index is 413. The molecule has 1 aliphatic heterocycles. The van der Waals surface area contributed by atoms with Crippen LogP contribution in [0, 0.1) is 0 Å². The SMILES string of the molecule is O=C1CC(O)CN1c1ccc(Cl)c(Br)n1. The minimum atomic E-state index is -0.603. The number of rotatable bonds is 1. The molecule has 1 fully saturated rings. The van der Waals surface area contributed by atoms with Gasteiger partial charge in [-0.25, -0.2) is 4.98 Å². The highest BCUT2D eigenvalue weighted by Crippen LogP contribution is 2.26. The van der Waals surface area contributed by atoms with Gasteiger partial charge in [0, 0.05) is 0 Å². The molecule has 1 aromatic rings. The van der Waals surface area contributed by atoms with Gasteiger partial charge in [0.2, 0.25) is 5.91 Å². The maximum atomic E-state index is 11.5. The number of aromatic nitrogens is 1. The number of amides is 1. The third-order valence-corrected chi connectivity index (χ3v) is 3.31. The number of hydrogen-bond acceptors (Lipinski definition) is 3. The van der Waals surface area contributed by atoms with Crippen molar-refractivity contribution in [2.45, 2.75) is 12.5 Å². The maximum Gasteiger partial charge on any atom is 0.230 e. The first-order valence-electron chi connectivity index (χ1n) is 4.38. The van der Waals surface area contributed by atoms with E-state index in [1.165, 1.54) is 4.90 Å². The molecule has 1 unspecified atom stereocenters. The van der Waals surface area contributed by atoms with E-state index >= 15 is 0 Å². The summed E-state index contributed by atoms with van der Waals surface area (Å²) >= 11 is 8.97. The highest BCUT2D eigenvalue weighted by atomic mass is 79.9. The van der Waals surface area contributed by atoms with E-state index < -0.39 is 6.10 Å². The summed E-state index contributed by atoms with van der Waals surface area (Å²) in [6, 6.07) is 3.31. The number of halogens is 2. The van der Waals surface area contributed by atoms with E-state index in [1.54, 1.807) is 12.1 Å². The lowest BCUT2D eigenvalue weighted by atomic mass is 10.3. The largest absolute Gasteiger partial charge is 0.391 e. The molecular weight excluding hydrogens is 283 g/mol. The number of nitrogens with zero attached hydrogens (tertiary/aromatic N) is 2. The minimum Gasteiger partial charge on any atom is -0.391 e. The van der Waals surface area contributed by atoms with E-state index in [4.69, 9.17) is 11.6 Å². The molecule has 0 saturated carbocycles. The van der Waals surface area contributed by atoms with Crippen molar-refractivity contribution in [2.75, 3.05) is 11.4 Å². The summed E-state index contributed by atoms with van der Waals surface area (Å²) in [5.41, 5.74) is 0. The van der Waals surface area contributed by atoms with Crippen molar-refractivity contribution in [3.8, 4) is 0 Å². The standard InChI is InChI=1S/C9H8BrClN2O2/c10-9-6(11)1-2-7(12-9)13-4-5(14)3-8(13)15/h1-2,5,14H,3-4H2. The first-order chi connectivity index (χ1) is 7.08. The van der Waals surface area contributed by atoms with Crippen molar-refractivity contribution in [3.05, 3.63) is 21.8 Å². The topological polar surface area (TPSA) is 53.4 Å². The Morgan fingerprint density at radius 1 is 1.60 bits per heavy atom. The molecule has 4 nitrogen and oxygen atoms in total. The number of anilines is 1. The smallest absolute Gasteiger partial charge is 0.230 e. The van der Waals surface area contributed by atoms with E-state index in [9.17, 15) is 9.90 Å². The third-order valence-electron chi connectivity index (χ3n) is 2.17. The Morgan fingerprint density at radius 3 is 2.87 bits per heavy atom. The Morgan fingerprint density at radius 2 is 2.33 bits per heavy atom. The number of aliphatic hydroxyl groups is 1. The predicted molar refractivity (Wildman–Crippen MR) is 59.9 cm³/mol. The molecule has 1 atom stereocenters. The van der Waals surface area contributed by atoms with Crippen LogP contribution in [0.25, 0.3) is 0 Å². The molecular formula is C9H8BrClN2O2. The van der Waals surface area contributed by atoms with Crippen LogP contribution in [0.3, 0.4) is 0 Å². The number of carbonyl (C=O) groups is 1. The molecule has 0 aliphatic carbocycles. The summed E-state index contributed by atoms with van der Waals surface area (Å²) in [6.45, 7) is 0.292. The van der Waals surface area contributed by atoms with E-state index in [-0.39, 0.29) is 12.3 Å². The van der Waals surface area contributed by atoms with Gasteiger partial charge in [0.25, 0.3) is 0 Å². The van der Waals surface area contributed by atoms with Gasteiger partial charge in [0.05, 0.1) is 24.1 Å². The molecule has 1 N–H and O–H groups in total. The molecule has 6 heteroatoms. The zero-order valence-corrected chi connectivity index (χ0v) is 9.99. The molecule has 1 aromatic heterocycles. The molecule has 0 bridgehead atoms. The normalized spacial score (nSPS) is 21.1. The van der Waals surface area contributed by atoms with Crippen LogP contribution in [0.1, 0.15) is 6.42 Å². The molecule has 0 spiro atoms. The van der Waals surface area contributed by atoms with Crippen LogP contribution in [0.4, 0.5) is 5.82 Å². The zero-order valence-electron chi connectivity index (χ0n) is 7.65. The first kappa shape index (κ1) is 10.9. The van der Waals surface area contributed by atoms with Gasteiger partial charge in [0.1, 0.15) is 10.4 Å².